The Balaban J connectivity index is 1.28. The second kappa shape index (κ2) is 16.3. The summed E-state index contributed by atoms with van der Waals surface area (Å²) in [6.07, 6.45) is -2.77. The van der Waals surface area contributed by atoms with E-state index in [0.29, 0.717) is 60.4 Å². The predicted octanol–water partition coefficient (Wildman–Crippen LogP) is 6.25. The van der Waals surface area contributed by atoms with E-state index in [9.17, 15) is 37.5 Å². The van der Waals surface area contributed by atoms with Gasteiger partial charge in [-0.25, -0.2) is 9.59 Å². The molecule has 0 saturated heterocycles. The minimum atomic E-state index is -4.87. The number of rotatable bonds is 11. The molecular weight excluding hydrogens is 695 g/mol. The summed E-state index contributed by atoms with van der Waals surface area (Å²) in [6.45, 7) is 5.78. The zero-order valence-electron chi connectivity index (χ0n) is 29.3. The van der Waals surface area contributed by atoms with Crippen LogP contribution in [-0.4, -0.2) is 67.8 Å². The number of alkyl carbamates (subject to hydrolysis) is 1. The first-order valence-corrected chi connectivity index (χ1v) is 17.0. The molecule has 0 aliphatic heterocycles. The molecule has 1 heterocycles. The lowest BCUT2D eigenvalue weighted by Gasteiger charge is -2.29. The highest BCUT2D eigenvalue weighted by Crippen LogP contribution is 2.35. The summed E-state index contributed by atoms with van der Waals surface area (Å²) in [4.78, 5) is 50.7. The summed E-state index contributed by atoms with van der Waals surface area (Å²) in [5.41, 5.74) is -0.406. The van der Waals surface area contributed by atoms with E-state index in [-0.39, 0.29) is 29.7 Å². The summed E-state index contributed by atoms with van der Waals surface area (Å²) >= 11 is 0. The van der Waals surface area contributed by atoms with Crippen molar-refractivity contribution < 1.29 is 42.2 Å². The topological polar surface area (TPSA) is 188 Å². The molecule has 3 aromatic carbocycles. The standard InChI is InChI=1S/C37H40F3N7O6/c1-36(2,3)53-35(52)41-20-22-6-10-25(11-7-22)32(48)43-30(33(49)42-27-15-12-24(13-16-27)31-44-46-47-45-31)18-21-4-8-23(9-5-21)26-14-17-28(34(50)51)29(19-26)37(38,39)40/h4-5,8-9,12-17,19,22,25,30H,6-7,10-11,18,20H2,1-3H3,(H,41,52)(H,42,49)(H,43,48)(H,50,51)(H,44,45,46,47)/t22?,25?,30-/m0/s1. The first-order chi connectivity index (χ1) is 25.1. The van der Waals surface area contributed by atoms with E-state index in [1.165, 1.54) is 6.07 Å². The number of amides is 3. The number of aromatic carboxylic acids is 1. The molecular formula is C37H40F3N7O6. The summed E-state index contributed by atoms with van der Waals surface area (Å²) in [7, 11) is 0. The Morgan fingerprint density at radius 2 is 1.55 bits per heavy atom. The number of nitrogens with zero attached hydrogens (tertiary/aromatic N) is 3. The number of carbonyl (C=O) groups is 4. The number of anilines is 1. The van der Waals surface area contributed by atoms with Crippen LogP contribution < -0.4 is 16.0 Å². The number of carboxylic acid groups (broad SMARTS) is 1. The van der Waals surface area contributed by atoms with E-state index < -0.39 is 46.9 Å². The van der Waals surface area contributed by atoms with Gasteiger partial charge in [-0.2, -0.15) is 18.4 Å². The lowest BCUT2D eigenvalue weighted by Crippen LogP contribution is -2.48. The molecule has 0 bridgehead atoms. The predicted molar refractivity (Wildman–Crippen MR) is 187 cm³/mol. The van der Waals surface area contributed by atoms with Crippen molar-refractivity contribution in [3.8, 4) is 22.5 Å². The van der Waals surface area contributed by atoms with Crippen LogP contribution in [0.4, 0.5) is 23.7 Å². The van der Waals surface area contributed by atoms with E-state index in [1.54, 1.807) is 69.3 Å². The Kier molecular flexibility index (Phi) is 11.8. The number of alkyl halides is 3. The number of hydrogen-bond donors (Lipinski definition) is 5. The number of aromatic nitrogens is 4. The number of aromatic amines is 1. The van der Waals surface area contributed by atoms with Crippen molar-refractivity contribution in [3.05, 3.63) is 83.4 Å². The van der Waals surface area contributed by atoms with Crippen molar-refractivity contribution in [3.63, 3.8) is 0 Å². The van der Waals surface area contributed by atoms with Crippen molar-refractivity contribution in [1.82, 2.24) is 31.3 Å². The van der Waals surface area contributed by atoms with E-state index in [4.69, 9.17) is 4.74 Å². The molecule has 0 spiro atoms. The van der Waals surface area contributed by atoms with Crippen LogP contribution in [0.25, 0.3) is 22.5 Å². The average Bonchev–Trinajstić information content (AvgIpc) is 3.65. The fraction of sp³-hybridized carbons (Fsp3) is 0.378. The Hall–Kier alpha value is -5.80. The molecule has 5 N–H and O–H groups in total. The number of carboxylic acids is 1. The number of hydrogen-bond acceptors (Lipinski definition) is 8. The second-order valence-corrected chi connectivity index (χ2v) is 13.9. The molecule has 1 atom stereocenters. The largest absolute Gasteiger partial charge is 0.478 e. The summed E-state index contributed by atoms with van der Waals surface area (Å²) < 4.78 is 46.2. The van der Waals surface area contributed by atoms with Gasteiger partial charge in [0, 0.05) is 30.1 Å². The highest BCUT2D eigenvalue weighted by atomic mass is 19.4. The van der Waals surface area contributed by atoms with Crippen LogP contribution in [-0.2, 0) is 26.9 Å². The molecule has 16 heteroatoms. The van der Waals surface area contributed by atoms with Gasteiger partial charge in [-0.15, -0.1) is 10.2 Å². The van der Waals surface area contributed by atoms with Crippen molar-refractivity contribution in [2.45, 2.75) is 70.7 Å². The maximum Gasteiger partial charge on any atom is 0.417 e. The van der Waals surface area contributed by atoms with Crippen molar-refractivity contribution in [2.24, 2.45) is 11.8 Å². The Labute approximate surface area is 303 Å². The number of carbonyl (C=O) groups excluding carboxylic acids is 3. The lowest BCUT2D eigenvalue weighted by atomic mass is 9.81. The molecule has 1 aliphatic carbocycles. The Bertz CT molecular complexity index is 1900. The van der Waals surface area contributed by atoms with Gasteiger partial charge < -0.3 is 25.8 Å². The zero-order chi connectivity index (χ0) is 38.3. The van der Waals surface area contributed by atoms with E-state index in [0.717, 1.165) is 12.1 Å². The number of ether oxygens (including phenoxy) is 1. The molecule has 1 aliphatic rings. The number of H-pyrrole nitrogens is 1. The molecule has 4 aromatic rings. The van der Waals surface area contributed by atoms with Gasteiger partial charge in [0.15, 0.2) is 0 Å². The first kappa shape index (κ1) is 38.4. The molecule has 13 nitrogen and oxygen atoms in total. The molecule has 280 valence electrons. The van der Waals surface area contributed by atoms with Crippen molar-refractivity contribution in [2.75, 3.05) is 11.9 Å². The molecule has 1 fully saturated rings. The van der Waals surface area contributed by atoms with Crippen LogP contribution >= 0.6 is 0 Å². The SMILES string of the molecule is CC(C)(C)OC(=O)NCC1CCC(C(=O)N[C@@H](Cc2ccc(-c3ccc(C(=O)O)c(C(F)(F)F)c3)cc2)C(=O)Nc2ccc(-c3nn[nH]n3)cc2)CC1. The number of nitrogens with one attached hydrogen (secondary N) is 4. The van der Waals surface area contributed by atoms with Crippen LogP contribution in [0.5, 0.6) is 0 Å². The fourth-order valence-corrected chi connectivity index (χ4v) is 6.10. The summed E-state index contributed by atoms with van der Waals surface area (Å²) in [6, 6.07) is 15.2. The molecule has 3 amide bonds. The number of benzene rings is 3. The highest BCUT2D eigenvalue weighted by Gasteiger charge is 2.36. The third kappa shape index (κ3) is 10.6. The Morgan fingerprint density at radius 1 is 0.906 bits per heavy atom. The molecule has 0 unspecified atom stereocenters. The number of halogens is 3. The minimum Gasteiger partial charge on any atom is -0.478 e. The van der Waals surface area contributed by atoms with Gasteiger partial charge in [0.2, 0.25) is 17.6 Å². The van der Waals surface area contributed by atoms with Gasteiger partial charge >= 0.3 is 18.2 Å². The van der Waals surface area contributed by atoms with Gasteiger partial charge in [0.05, 0.1) is 11.1 Å². The lowest BCUT2D eigenvalue weighted by molar-refractivity contribution is -0.138. The third-order valence-electron chi connectivity index (χ3n) is 8.82. The van der Waals surface area contributed by atoms with Crippen LogP contribution in [0, 0.1) is 11.8 Å². The van der Waals surface area contributed by atoms with E-state index in [1.807, 2.05) is 0 Å². The van der Waals surface area contributed by atoms with Gasteiger partial charge in [0.1, 0.15) is 11.6 Å². The minimum absolute atomic E-state index is 0.0691. The van der Waals surface area contributed by atoms with Crippen molar-refractivity contribution >= 4 is 29.6 Å². The van der Waals surface area contributed by atoms with Gasteiger partial charge in [-0.1, -0.05) is 30.3 Å². The van der Waals surface area contributed by atoms with Crippen molar-refractivity contribution in [1.29, 1.82) is 0 Å². The van der Waals surface area contributed by atoms with Crippen LogP contribution in [0.3, 0.4) is 0 Å². The molecule has 0 radical (unpaired) electrons. The maximum atomic E-state index is 13.7. The Morgan fingerprint density at radius 3 is 2.13 bits per heavy atom. The van der Waals surface area contributed by atoms with Crippen LogP contribution in [0.1, 0.15) is 67.9 Å². The summed E-state index contributed by atoms with van der Waals surface area (Å²) in [5.74, 6) is -2.26. The van der Waals surface area contributed by atoms with Gasteiger partial charge in [-0.05, 0) is 111 Å². The monoisotopic (exact) mass is 735 g/mol. The normalized spacial score (nSPS) is 16.6. The quantitative estimate of drug-likeness (QED) is 0.119. The van der Waals surface area contributed by atoms with Crippen LogP contribution in [0.15, 0.2) is 66.7 Å². The highest BCUT2D eigenvalue weighted by molar-refractivity contribution is 5.98. The molecule has 1 saturated carbocycles. The van der Waals surface area contributed by atoms with Gasteiger partial charge in [0.25, 0.3) is 0 Å². The average molecular weight is 736 g/mol. The molecule has 53 heavy (non-hydrogen) atoms. The van der Waals surface area contributed by atoms with Crippen LogP contribution in [0.2, 0.25) is 0 Å². The van der Waals surface area contributed by atoms with E-state index >= 15 is 0 Å². The van der Waals surface area contributed by atoms with E-state index in [2.05, 4.69) is 36.6 Å². The second-order valence-electron chi connectivity index (χ2n) is 13.9. The fourth-order valence-electron chi connectivity index (χ4n) is 6.10. The molecule has 5 rings (SSSR count). The molecule has 1 aromatic heterocycles. The smallest absolute Gasteiger partial charge is 0.417 e. The van der Waals surface area contributed by atoms with Gasteiger partial charge in [-0.3, -0.25) is 9.59 Å². The zero-order valence-corrected chi connectivity index (χ0v) is 29.3. The maximum absolute atomic E-state index is 13.7. The third-order valence-corrected chi connectivity index (χ3v) is 8.82. The summed E-state index contributed by atoms with van der Waals surface area (Å²) in [5, 5.41) is 31.6. The number of tetrazole rings is 1. The first-order valence-electron chi connectivity index (χ1n) is 17.0.